The fraction of sp³-hybridized carbons (Fsp3) is 0.143. The van der Waals surface area contributed by atoms with Crippen molar-refractivity contribution in [2.24, 2.45) is 0 Å². The lowest BCUT2D eigenvalue weighted by Crippen LogP contribution is -2.00. The number of rotatable bonds is 2. The fourth-order valence-electron chi connectivity index (χ4n) is 2.34. The van der Waals surface area contributed by atoms with Crippen molar-refractivity contribution in [2.75, 3.05) is 5.75 Å². The van der Waals surface area contributed by atoms with E-state index in [0.717, 1.165) is 18.2 Å². The number of aliphatic hydroxyl groups excluding tert-OH is 1. The van der Waals surface area contributed by atoms with E-state index in [9.17, 15) is 18.1 Å². The molecule has 2 N–H and O–H groups in total. The van der Waals surface area contributed by atoms with Crippen molar-refractivity contribution in [3.05, 3.63) is 52.0 Å². The van der Waals surface area contributed by atoms with Crippen LogP contribution in [0.4, 0.5) is 8.78 Å². The Labute approximate surface area is 133 Å². The van der Waals surface area contributed by atoms with Gasteiger partial charge in [0.15, 0.2) is 0 Å². The Bertz CT molecular complexity index is 850. The van der Waals surface area contributed by atoms with Crippen LogP contribution in [0.15, 0.2) is 39.7 Å². The Balaban J connectivity index is 2.05. The largest absolute Gasteiger partial charge is 0.456 e. The van der Waals surface area contributed by atoms with E-state index in [1.165, 1.54) is 12.1 Å². The maximum absolute atomic E-state index is 13.2. The van der Waals surface area contributed by atoms with Crippen LogP contribution in [0.5, 0.6) is 11.5 Å². The van der Waals surface area contributed by atoms with Crippen LogP contribution >= 0.6 is 15.9 Å². The van der Waals surface area contributed by atoms with Crippen LogP contribution in [-0.4, -0.2) is 15.1 Å². The molecule has 0 amide bonds. The lowest BCUT2D eigenvalue weighted by atomic mass is 10.1. The first-order valence-electron chi connectivity index (χ1n) is 6.19. The molecule has 22 heavy (non-hydrogen) atoms. The third-order valence-corrected chi connectivity index (χ3v) is 5.92. The summed E-state index contributed by atoms with van der Waals surface area (Å²) in [6, 6.07) is 5.64. The molecule has 0 aromatic heterocycles. The van der Waals surface area contributed by atoms with Gasteiger partial charge in [-0.15, -0.1) is 0 Å². The Morgan fingerprint density at radius 2 is 1.91 bits per heavy atom. The van der Waals surface area contributed by atoms with Gasteiger partial charge in [0, 0.05) is 23.8 Å². The molecule has 0 radical (unpaired) electrons. The minimum Gasteiger partial charge on any atom is -0.456 e. The van der Waals surface area contributed by atoms with Gasteiger partial charge in [0.05, 0.1) is 31.0 Å². The predicted molar refractivity (Wildman–Crippen MR) is 79.5 cm³/mol. The second-order valence-electron chi connectivity index (χ2n) is 4.85. The van der Waals surface area contributed by atoms with Crippen molar-refractivity contribution in [1.29, 1.82) is 4.78 Å². The number of ether oxygens (including phenoxy) is 1. The van der Waals surface area contributed by atoms with E-state index in [4.69, 9.17) is 9.52 Å². The monoisotopic (exact) mass is 389 g/mol. The van der Waals surface area contributed by atoms with Crippen LogP contribution in [0.2, 0.25) is 0 Å². The summed E-state index contributed by atoms with van der Waals surface area (Å²) in [4.78, 5) is 0.240. The van der Waals surface area contributed by atoms with Crippen molar-refractivity contribution < 1.29 is 22.8 Å². The van der Waals surface area contributed by atoms with Crippen molar-refractivity contribution in [2.45, 2.75) is 11.0 Å². The second kappa shape index (κ2) is 5.29. The number of benzene rings is 2. The van der Waals surface area contributed by atoms with Crippen molar-refractivity contribution in [3.63, 3.8) is 0 Å². The summed E-state index contributed by atoms with van der Waals surface area (Å²) < 4.78 is 51.9. The van der Waals surface area contributed by atoms with Gasteiger partial charge in [-0.3, -0.25) is 0 Å². The predicted octanol–water partition coefficient (Wildman–Crippen LogP) is 3.97. The molecule has 1 aliphatic heterocycles. The molecule has 116 valence electrons. The Kier molecular flexibility index (Phi) is 3.70. The molecule has 2 aromatic carbocycles. The van der Waals surface area contributed by atoms with E-state index in [1.54, 1.807) is 0 Å². The summed E-state index contributed by atoms with van der Waals surface area (Å²) in [5, 5.41) is 9.97. The van der Waals surface area contributed by atoms with Crippen LogP contribution < -0.4 is 4.74 Å². The normalized spacial score (nSPS) is 23.4. The van der Waals surface area contributed by atoms with E-state index >= 15 is 0 Å². The topological polar surface area (TPSA) is 70.4 Å². The Morgan fingerprint density at radius 1 is 1.27 bits per heavy atom. The molecular formula is C14H10BrF2NO3S. The van der Waals surface area contributed by atoms with Crippen molar-refractivity contribution in [3.8, 4) is 11.5 Å². The van der Waals surface area contributed by atoms with Crippen LogP contribution in [0.3, 0.4) is 0 Å². The molecule has 0 aliphatic carbocycles. The van der Waals surface area contributed by atoms with Gasteiger partial charge in [0.2, 0.25) is 0 Å². The summed E-state index contributed by atoms with van der Waals surface area (Å²) in [6.45, 7) is 0. The minimum atomic E-state index is -3.04. The van der Waals surface area contributed by atoms with E-state index < -0.39 is 27.5 Å². The number of aliphatic hydroxyl groups is 1. The first-order chi connectivity index (χ1) is 10.3. The summed E-state index contributed by atoms with van der Waals surface area (Å²) in [5.74, 6) is -1.57. The number of nitrogens with one attached hydrogen (secondary N) is 1. The van der Waals surface area contributed by atoms with E-state index in [2.05, 4.69) is 15.9 Å². The molecule has 0 spiro atoms. The average molecular weight is 390 g/mol. The molecule has 2 atom stereocenters. The highest BCUT2D eigenvalue weighted by Gasteiger charge is 2.34. The van der Waals surface area contributed by atoms with Gasteiger partial charge in [0.25, 0.3) is 0 Å². The summed E-state index contributed by atoms with van der Waals surface area (Å²) in [5.41, 5.74) is 0.314. The molecule has 0 saturated carbocycles. The maximum Gasteiger partial charge on any atom is 0.142 e. The zero-order valence-corrected chi connectivity index (χ0v) is 13.4. The van der Waals surface area contributed by atoms with Gasteiger partial charge in [-0.05, 0) is 28.1 Å². The lowest BCUT2D eigenvalue weighted by molar-refractivity contribution is 0.203. The molecule has 0 fully saturated rings. The Hall–Kier alpha value is -1.51. The molecule has 4 nitrogen and oxygen atoms in total. The molecule has 2 unspecified atom stereocenters. The SMILES string of the molecule is N=S1(=O)CC(O)c2c1ccc(Oc1cc(F)cc(F)c1)c2Br. The van der Waals surface area contributed by atoms with E-state index in [1.807, 2.05) is 0 Å². The van der Waals surface area contributed by atoms with Gasteiger partial charge in [-0.25, -0.2) is 17.8 Å². The smallest absolute Gasteiger partial charge is 0.142 e. The number of hydrogen-bond acceptors (Lipinski definition) is 4. The van der Waals surface area contributed by atoms with Crippen molar-refractivity contribution in [1.82, 2.24) is 0 Å². The fourth-order valence-corrected chi connectivity index (χ4v) is 4.84. The summed E-state index contributed by atoms with van der Waals surface area (Å²) in [6.07, 6.45) is -1.05. The highest BCUT2D eigenvalue weighted by molar-refractivity contribution is 9.10. The average Bonchev–Trinajstić information content (AvgIpc) is 2.62. The lowest BCUT2D eigenvalue weighted by Gasteiger charge is -2.12. The van der Waals surface area contributed by atoms with Gasteiger partial charge in [-0.2, -0.15) is 0 Å². The second-order valence-corrected chi connectivity index (χ2v) is 7.77. The molecule has 1 aliphatic rings. The third-order valence-electron chi connectivity index (χ3n) is 3.25. The zero-order chi connectivity index (χ0) is 16.1. The molecule has 0 bridgehead atoms. The maximum atomic E-state index is 13.2. The number of halogens is 3. The van der Waals surface area contributed by atoms with Crippen LogP contribution in [-0.2, 0) is 9.73 Å². The molecule has 1 heterocycles. The van der Waals surface area contributed by atoms with Crippen molar-refractivity contribution >= 4 is 25.7 Å². The minimum absolute atomic E-state index is 0.0442. The molecule has 8 heteroatoms. The first-order valence-corrected chi connectivity index (χ1v) is 8.71. The molecule has 3 rings (SSSR count). The summed E-state index contributed by atoms with van der Waals surface area (Å²) in [7, 11) is -3.04. The summed E-state index contributed by atoms with van der Waals surface area (Å²) >= 11 is 3.24. The third kappa shape index (κ3) is 2.62. The van der Waals surface area contributed by atoms with Crippen LogP contribution in [0.25, 0.3) is 0 Å². The molecule has 0 saturated heterocycles. The standard InChI is InChI=1S/C14H10BrF2NO3S/c15-14-11(21-9-4-7(16)3-8(17)5-9)1-2-12-13(14)10(19)6-22(12,18)20/h1-5,10,18-19H,6H2. The van der Waals surface area contributed by atoms with E-state index in [0.29, 0.717) is 10.0 Å². The van der Waals surface area contributed by atoms with Gasteiger partial charge >= 0.3 is 0 Å². The highest BCUT2D eigenvalue weighted by Crippen LogP contribution is 2.44. The van der Waals surface area contributed by atoms with Crippen LogP contribution in [0.1, 0.15) is 11.7 Å². The Morgan fingerprint density at radius 3 is 2.55 bits per heavy atom. The van der Waals surface area contributed by atoms with Crippen LogP contribution in [0, 0.1) is 16.4 Å². The number of fused-ring (bicyclic) bond motifs is 1. The van der Waals surface area contributed by atoms with Gasteiger partial charge in [0.1, 0.15) is 23.1 Å². The van der Waals surface area contributed by atoms with E-state index in [-0.39, 0.29) is 22.1 Å². The van der Waals surface area contributed by atoms with Gasteiger partial charge < -0.3 is 9.84 Å². The van der Waals surface area contributed by atoms with Gasteiger partial charge in [-0.1, -0.05) is 0 Å². The molecular weight excluding hydrogens is 380 g/mol. The quantitative estimate of drug-likeness (QED) is 0.815. The highest BCUT2D eigenvalue weighted by atomic mass is 79.9. The number of hydrogen-bond donors (Lipinski definition) is 2. The molecule has 2 aromatic rings. The zero-order valence-electron chi connectivity index (χ0n) is 11.0. The first kappa shape index (κ1) is 15.4.